The lowest BCUT2D eigenvalue weighted by Gasteiger charge is -2.33. The van der Waals surface area contributed by atoms with Crippen LogP contribution in [0.4, 0.5) is 0 Å². The molecular formula is C17H17NO4. The van der Waals surface area contributed by atoms with E-state index < -0.39 is 12.0 Å². The Bertz CT molecular complexity index is 727. The number of amides is 1. The van der Waals surface area contributed by atoms with E-state index in [2.05, 4.69) is 0 Å². The first-order valence-corrected chi connectivity index (χ1v) is 7.15. The Labute approximate surface area is 128 Å². The van der Waals surface area contributed by atoms with Gasteiger partial charge in [0.25, 0.3) is 5.91 Å². The van der Waals surface area contributed by atoms with E-state index in [9.17, 15) is 14.7 Å². The topological polar surface area (TPSA) is 70.8 Å². The molecule has 114 valence electrons. The van der Waals surface area contributed by atoms with Gasteiger partial charge in [-0.25, -0.2) is 4.79 Å². The van der Waals surface area contributed by atoms with Gasteiger partial charge in [-0.3, -0.25) is 4.79 Å². The number of benzene rings is 1. The first-order valence-electron chi connectivity index (χ1n) is 7.15. The summed E-state index contributed by atoms with van der Waals surface area (Å²) in [6.07, 6.45) is 0.315. The summed E-state index contributed by atoms with van der Waals surface area (Å²) in [7, 11) is 0. The number of carboxylic acids is 1. The van der Waals surface area contributed by atoms with Gasteiger partial charge in [0.15, 0.2) is 5.76 Å². The molecule has 5 nitrogen and oxygen atoms in total. The van der Waals surface area contributed by atoms with E-state index in [4.69, 9.17) is 4.42 Å². The quantitative estimate of drug-likeness (QED) is 0.925. The predicted octanol–water partition coefficient (Wildman–Crippen LogP) is 2.55. The van der Waals surface area contributed by atoms with Gasteiger partial charge in [-0.05, 0) is 36.6 Å². The van der Waals surface area contributed by atoms with Gasteiger partial charge in [-0.15, -0.1) is 0 Å². The van der Waals surface area contributed by atoms with Gasteiger partial charge in [-0.1, -0.05) is 24.3 Å². The Morgan fingerprint density at radius 2 is 1.91 bits per heavy atom. The van der Waals surface area contributed by atoms with Crippen molar-refractivity contribution in [1.82, 2.24) is 4.90 Å². The number of furan rings is 1. The van der Waals surface area contributed by atoms with E-state index in [-0.39, 0.29) is 18.2 Å². The second kappa shape index (κ2) is 5.33. The highest BCUT2D eigenvalue weighted by atomic mass is 16.4. The van der Waals surface area contributed by atoms with Crippen LogP contribution in [0.25, 0.3) is 0 Å². The zero-order valence-corrected chi connectivity index (χ0v) is 12.5. The number of rotatable bonds is 2. The molecule has 0 unspecified atom stereocenters. The van der Waals surface area contributed by atoms with Crippen LogP contribution in [0.1, 0.15) is 33.0 Å². The molecule has 0 radical (unpaired) electrons. The van der Waals surface area contributed by atoms with Gasteiger partial charge < -0.3 is 14.4 Å². The third kappa shape index (κ3) is 2.39. The van der Waals surface area contributed by atoms with Crippen LogP contribution >= 0.6 is 0 Å². The van der Waals surface area contributed by atoms with Crippen LogP contribution in [0.3, 0.4) is 0 Å². The molecule has 0 saturated heterocycles. The summed E-state index contributed by atoms with van der Waals surface area (Å²) in [5, 5.41) is 9.47. The molecule has 0 saturated carbocycles. The van der Waals surface area contributed by atoms with Gasteiger partial charge in [0.1, 0.15) is 11.8 Å². The van der Waals surface area contributed by atoms with E-state index >= 15 is 0 Å². The van der Waals surface area contributed by atoms with Crippen molar-refractivity contribution in [2.45, 2.75) is 32.9 Å². The van der Waals surface area contributed by atoms with Crippen LogP contribution in [0, 0.1) is 13.8 Å². The summed E-state index contributed by atoms with van der Waals surface area (Å²) in [6, 6.07) is 8.41. The minimum atomic E-state index is -0.997. The fourth-order valence-electron chi connectivity index (χ4n) is 2.78. The average Bonchev–Trinajstić information content (AvgIpc) is 2.84. The third-order valence-corrected chi connectivity index (χ3v) is 4.17. The van der Waals surface area contributed by atoms with E-state index in [1.807, 2.05) is 31.2 Å². The molecule has 0 bridgehead atoms. The molecule has 1 aromatic carbocycles. The molecule has 2 heterocycles. The standard InChI is InChI=1S/C17H17NO4/c1-10-7-15(22-11(10)2)16(19)18-9-13-6-4-3-5-12(13)8-14(18)17(20)21/h3-7,14H,8-9H2,1-2H3,(H,20,21)/t14-/m1/s1. The van der Waals surface area contributed by atoms with E-state index in [0.717, 1.165) is 16.7 Å². The van der Waals surface area contributed by atoms with Crippen molar-refractivity contribution in [2.24, 2.45) is 0 Å². The second-order valence-electron chi connectivity index (χ2n) is 5.61. The number of carboxylic acid groups (broad SMARTS) is 1. The molecule has 3 rings (SSSR count). The minimum Gasteiger partial charge on any atom is -0.480 e. The normalized spacial score (nSPS) is 17.2. The van der Waals surface area contributed by atoms with Crippen molar-refractivity contribution in [3.63, 3.8) is 0 Å². The van der Waals surface area contributed by atoms with Crippen LogP contribution in [0.15, 0.2) is 34.7 Å². The van der Waals surface area contributed by atoms with Crippen molar-refractivity contribution in [2.75, 3.05) is 0 Å². The Kier molecular flexibility index (Phi) is 3.48. The molecule has 2 aromatic rings. The summed E-state index contributed by atoms with van der Waals surface area (Å²) >= 11 is 0. The van der Waals surface area contributed by atoms with Gasteiger partial charge in [-0.2, -0.15) is 0 Å². The van der Waals surface area contributed by atoms with Crippen molar-refractivity contribution < 1.29 is 19.1 Å². The van der Waals surface area contributed by atoms with E-state index in [0.29, 0.717) is 12.2 Å². The molecule has 1 atom stereocenters. The molecule has 22 heavy (non-hydrogen) atoms. The number of carbonyl (C=O) groups is 2. The molecule has 1 aliphatic rings. The molecule has 0 spiro atoms. The fraction of sp³-hybridized carbons (Fsp3) is 0.294. The molecule has 0 fully saturated rings. The number of nitrogens with zero attached hydrogens (tertiary/aromatic N) is 1. The van der Waals surface area contributed by atoms with Gasteiger partial charge in [0, 0.05) is 13.0 Å². The summed E-state index contributed by atoms with van der Waals surface area (Å²) in [5.74, 6) is -0.505. The smallest absolute Gasteiger partial charge is 0.326 e. The van der Waals surface area contributed by atoms with Crippen molar-refractivity contribution in [1.29, 1.82) is 0 Å². The molecule has 1 aliphatic heterocycles. The Morgan fingerprint density at radius 1 is 1.23 bits per heavy atom. The zero-order chi connectivity index (χ0) is 15.9. The fourth-order valence-corrected chi connectivity index (χ4v) is 2.78. The monoisotopic (exact) mass is 299 g/mol. The third-order valence-electron chi connectivity index (χ3n) is 4.17. The van der Waals surface area contributed by atoms with Crippen LogP contribution < -0.4 is 0 Å². The zero-order valence-electron chi connectivity index (χ0n) is 12.5. The maximum Gasteiger partial charge on any atom is 0.326 e. The summed E-state index contributed by atoms with van der Waals surface area (Å²) in [4.78, 5) is 25.6. The Balaban J connectivity index is 1.97. The molecule has 1 aromatic heterocycles. The number of hydrogen-bond donors (Lipinski definition) is 1. The highest BCUT2D eigenvalue weighted by molar-refractivity contribution is 5.95. The summed E-state index contributed by atoms with van der Waals surface area (Å²) < 4.78 is 5.46. The van der Waals surface area contributed by atoms with Crippen molar-refractivity contribution in [3.05, 3.63) is 58.5 Å². The van der Waals surface area contributed by atoms with Crippen molar-refractivity contribution in [3.8, 4) is 0 Å². The average molecular weight is 299 g/mol. The molecule has 1 N–H and O–H groups in total. The van der Waals surface area contributed by atoms with Gasteiger partial charge in [0.05, 0.1) is 0 Å². The van der Waals surface area contributed by atoms with Crippen molar-refractivity contribution >= 4 is 11.9 Å². The first-order chi connectivity index (χ1) is 10.5. The first kappa shape index (κ1) is 14.4. The lowest BCUT2D eigenvalue weighted by Crippen LogP contribution is -2.48. The lowest BCUT2D eigenvalue weighted by molar-refractivity contribution is -0.142. The molecule has 5 heteroatoms. The minimum absolute atomic E-state index is 0.195. The summed E-state index contributed by atoms with van der Waals surface area (Å²) in [6.45, 7) is 3.92. The Morgan fingerprint density at radius 3 is 2.50 bits per heavy atom. The summed E-state index contributed by atoms with van der Waals surface area (Å²) in [5.41, 5.74) is 2.84. The lowest BCUT2D eigenvalue weighted by atomic mass is 9.94. The SMILES string of the molecule is Cc1cc(C(=O)N2Cc3ccccc3C[C@@H]2C(=O)O)oc1C. The van der Waals surface area contributed by atoms with Crippen LogP contribution in [0.2, 0.25) is 0 Å². The molecule has 1 amide bonds. The van der Waals surface area contributed by atoms with Crippen LogP contribution in [0.5, 0.6) is 0 Å². The number of hydrogen-bond acceptors (Lipinski definition) is 3. The highest BCUT2D eigenvalue weighted by Gasteiger charge is 2.36. The van der Waals surface area contributed by atoms with Crippen LogP contribution in [-0.2, 0) is 17.8 Å². The number of carbonyl (C=O) groups excluding carboxylic acids is 1. The molecule has 0 aliphatic carbocycles. The number of aliphatic carboxylic acids is 1. The number of fused-ring (bicyclic) bond motifs is 1. The molecular weight excluding hydrogens is 282 g/mol. The van der Waals surface area contributed by atoms with E-state index in [1.165, 1.54) is 4.90 Å². The van der Waals surface area contributed by atoms with Gasteiger partial charge >= 0.3 is 5.97 Å². The maximum absolute atomic E-state index is 12.7. The largest absolute Gasteiger partial charge is 0.480 e. The van der Waals surface area contributed by atoms with E-state index in [1.54, 1.807) is 13.0 Å². The number of aryl methyl sites for hydroxylation is 2. The van der Waals surface area contributed by atoms with Crippen LogP contribution in [-0.4, -0.2) is 27.9 Å². The van der Waals surface area contributed by atoms with Gasteiger partial charge in [0.2, 0.25) is 0 Å². The predicted molar refractivity (Wildman–Crippen MR) is 79.6 cm³/mol. The maximum atomic E-state index is 12.7. The second-order valence-corrected chi connectivity index (χ2v) is 5.61. The Hall–Kier alpha value is -2.56. The highest BCUT2D eigenvalue weighted by Crippen LogP contribution is 2.26.